The molecule has 0 radical (unpaired) electrons. The van der Waals surface area contributed by atoms with E-state index in [2.05, 4.69) is 50.0 Å². The molecule has 0 aliphatic heterocycles. The standard InChI is InChI=1S/C11H21N3/c1-8(2)6-9-10(13-14-12-9)7-11(3,4)5/h8H,6-7H2,1-5H3,(H,12,13,14). The molecular formula is C11H21N3. The summed E-state index contributed by atoms with van der Waals surface area (Å²) in [5.74, 6) is 0.649. The Hall–Kier alpha value is -0.860. The van der Waals surface area contributed by atoms with E-state index >= 15 is 0 Å². The summed E-state index contributed by atoms with van der Waals surface area (Å²) in [6.45, 7) is 11.1. The Kier molecular flexibility index (Phi) is 3.29. The molecule has 0 spiro atoms. The highest BCUT2D eigenvalue weighted by Gasteiger charge is 2.17. The molecule has 0 unspecified atom stereocenters. The Morgan fingerprint density at radius 3 is 2.43 bits per heavy atom. The summed E-state index contributed by atoms with van der Waals surface area (Å²) < 4.78 is 0. The van der Waals surface area contributed by atoms with Gasteiger partial charge in [-0.05, 0) is 24.2 Å². The summed E-state index contributed by atoms with van der Waals surface area (Å²) in [6.07, 6.45) is 2.03. The molecule has 0 aliphatic carbocycles. The van der Waals surface area contributed by atoms with Crippen LogP contribution in [0.1, 0.15) is 46.0 Å². The molecule has 0 bridgehead atoms. The average molecular weight is 195 g/mol. The van der Waals surface area contributed by atoms with Crippen LogP contribution in [-0.2, 0) is 12.8 Å². The monoisotopic (exact) mass is 195 g/mol. The van der Waals surface area contributed by atoms with E-state index in [0.717, 1.165) is 18.5 Å². The smallest absolute Gasteiger partial charge is 0.0861 e. The molecular weight excluding hydrogens is 174 g/mol. The topological polar surface area (TPSA) is 41.6 Å². The van der Waals surface area contributed by atoms with E-state index in [4.69, 9.17) is 0 Å². The van der Waals surface area contributed by atoms with Gasteiger partial charge in [0.05, 0.1) is 11.4 Å². The van der Waals surface area contributed by atoms with E-state index in [1.165, 1.54) is 5.69 Å². The van der Waals surface area contributed by atoms with Crippen LogP contribution in [0, 0.1) is 11.3 Å². The van der Waals surface area contributed by atoms with Gasteiger partial charge in [-0.3, -0.25) is 5.10 Å². The zero-order valence-corrected chi connectivity index (χ0v) is 9.89. The highest BCUT2D eigenvalue weighted by Crippen LogP contribution is 2.21. The van der Waals surface area contributed by atoms with Crippen molar-refractivity contribution >= 4 is 0 Å². The van der Waals surface area contributed by atoms with E-state index in [1.54, 1.807) is 0 Å². The first-order valence-electron chi connectivity index (χ1n) is 5.27. The third-order valence-corrected chi connectivity index (χ3v) is 2.01. The Morgan fingerprint density at radius 2 is 1.93 bits per heavy atom. The molecule has 0 saturated heterocycles. The first kappa shape index (κ1) is 11.2. The normalized spacial score (nSPS) is 12.4. The predicted octanol–water partition coefficient (Wildman–Crippen LogP) is 2.59. The molecule has 0 saturated carbocycles. The number of aromatic amines is 1. The van der Waals surface area contributed by atoms with Crippen molar-refractivity contribution in [3.63, 3.8) is 0 Å². The van der Waals surface area contributed by atoms with Crippen LogP contribution < -0.4 is 0 Å². The summed E-state index contributed by atoms with van der Waals surface area (Å²) in [7, 11) is 0. The van der Waals surface area contributed by atoms with Crippen molar-refractivity contribution in [1.82, 2.24) is 15.4 Å². The number of nitrogens with one attached hydrogen (secondary N) is 1. The number of nitrogens with zero attached hydrogens (tertiary/aromatic N) is 2. The van der Waals surface area contributed by atoms with Gasteiger partial charge < -0.3 is 0 Å². The fourth-order valence-electron chi connectivity index (χ4n) is 1.49. The molecule has 0 aromatic carbocycles. The van der Waals surface area contributed by atoms with Gasteiger partial charge in [-0.2, -0.15) is 0 Å². The number of hydrogen-bond acceptors (Lipinski definition) is 2. The van der Waals surface area contributed by atoms with Gasteiger partial charge in [0.15, 0.2) is 0 Å². The lowest BCUT2D eigenvalue weighted by atomic mass is 9.89. The molecule has 1 rings (SSSR count). The zero-order valence-electron chi connectivity index (χ0n) is 9.89. The SMILES string of the molecule is CC(C)Cc1[nH]nnc1CC(C)(C)C. The lowest BCUT2D eigenvalue weighted by molar-refractivity contribution is 0.403. The van der Waals surface area contributed by atoms with Gasteiger partial charge in [0.2, 0.25) is 0 Å². The second-order valence-corrected chi connectivity index (χ2v) is 5.57. The van der Waals surface area contributed by atoms with Crippen molar-refractivity contribution in [3.8, 4) is 0 Å². The summed E-state index contributed by atoms with van der Waals surface area (Å²) in [5, 5.41) is 11.0. The predicted molar refractivity (Wildman–Crippen MR) is 58.1 cm³/mol. The molecule has 1 aromatic heterocycles. The summed E-state index contributed by atoms with van der Waals surface area (Å²) in [4.78, 5) is 0. The van der Waals surface area contributed by atoms with E-state index in [0.29, 0.717) is 5.92 Å². The Balaban J connectivity index is 2.72. The molecule has 1 N–H and O–H groups in total. The highest BCUT2D eigenvalue weighted by atomic mass is 15.3. The van der Waals surface area contributed by atoms with Crippen LogP contribution in [0.25, 0.3) is 0 Å². The fraction of sp³-hybridized carbons (Fsp3) is 0.818. The molecule has 0 aliphatic rings. The molecule has 1 heterocycles. The minimum atomic E-state index is 0.280. The fourth-order valence-corrected chi connectivity index (χ4v) is 1.49. The van der Waals surface area contributed by atoms with Crippen LogP contribution in [-0.4, -0.2) is 15.4 Å². The zero-order chi connectivity index (χ0) is 10.8. The van der Waals surface area contributed by atoms with E-state index < -0.39 is 0 Å². The minimum absolute atomic E-state index is 0.280. The number of hydrogen-bond donors (Lipinski definition) is 1. The van der Waals surface area contributed by atoms with Crippen LogP contribution >= 0.6 is 0 Å². The molecule has 3 heteroatoms. The quantitative estimate of drug-likeness (QED) is 0.805. The number of aromatic nitrogens is 3. The second kappa shape index (κ2) is 4.11. The maximum absolute atomic E-state index is 4.15. The Morgan fingerprint density at radius 1 is 1.29 bits per heavy atom. The molecule has 1 aromatic rings. The van der Waals surface area contributed by atoms with Crippen LogP contribution in [0.5, 0.6) is 0 Å². The summed E-state index contributed by atoms with van der Waals surface area (Å²) in [5.41, 5.74) is 2.61. The van der Waals surface area contributed by atoms with Gasteiger partial charge in [-0.25, -0.2) is 0 Å². The van der Waals surface area contributed by atoms with Crippen LogP contribution in [0.15, 0.2) is 0 Å². The van der Waals surface area contributed by atoms with Crippen molar-refractivity contribution in [2.45, 2.75) is 47.5 Å². The van der Waals surface area contributed by atoms with Gasteiger partial charge in [0.1, 0.15) is 0 Å². The second-order valence-electron chi connectivity index (χ2n) is 5.57. The highest BCUT2D eigenvalue weighted by molar-refractivity contribution is 5.10. The van der Waals surface area contributed by atoms with Gasteiger partial charge in [-0.15, -0.1) is 5.10 Å². The lowest BCUT2D eigenvalue weighted by Crippen LogP contribution is -2.11. The van der Waals surface area contributed by atoms with Crippen LogP contribution in [0.2, 0.25) is 0 Å². The average Bonchev–Trinajstić information content (AvgIpc) is 2.32. The Labute approximate surface area is 86.3 Å². The van der Waals surface area contributed by atoms with Crippen molar-refractivity contribution in [2.24, 2.45) is 11.3 Å². The van der Waals surface area contributed by atoms with Gasteiger partial charge >= 0.3 is 0 Å². The van der Waals surface area contributed by atoms with E-state index in [9.17, 15) is 0 Å². The van der Waals surface area contributed by atoms with Gasteiger partial charge in [0, 0.05) is 0 Å². The van der Waals surface area contributed by atoms with E-state index in [1.807, 2.05) is 0 Å². The number of H-pyrrole nitrogens is 1. The third kappa shape index (κ3) is 3.48. The molecule has 3 nitrogen and oxygen atoms in total. The Bertz CT molecular complexity index is 281. The maximum Gasteiger partial charge on any atom is 0.0861 e. The molecule has 0 atom stereocenters. The first-order valence-corrected chi connectivity index (χ1v) is 5.27. The molecule has 14 heavy (non-hydrogen) atoms. The van der Waals surface area contributed by atoms with Gasteiger partial charge in [-0.1, -0.05) is 39.8 Å². The lowest BCUT2D eigenvalue weighted by Gasteiger charge is -2.17. The van der Waals surface area contributed by atoms with Crippen LogP contribution in [0.4, 0.5) is 0 Å². The molecule has 80 valence electrons. The first-order chi connectivity index (χ1) is 6.38. The van der Waals surface area contributed by atoms with Crippen molar-refractivity contribution in [1.29, 1.82) is 0 Å². The third-order valence-electron chi connectivity index (χ3n) is 2.01. The molecule has 0 amide bonds. The summed E-state index contributed by atoms with van der Waals surface area (Å²) in [6, 6.07) is 0. The van der Waals surface area contributed by atoms with Gasteiger partial charge in [0.25, 0.3) is 0 Å². The van der Waals surface area contributed by atoms with Crippen LogP contribution in [0.3, 0.4) is 0 Å². The largest absolute Gasteiger partial charge is 0.262 e. The van der Waals surface area contributed by atoms with Crippen molar-refractivity contribution in [3.05, 3.63) is 11.4 Å². The van der Waals surface area contributed by atoms with Crippen molar-refractivity contribution < 1.29 is 0 Å². The minimum Gasteiger partial charge on any atom is -0.262 e. The maximum atomic E-state index is 4.15. The number of rotatable bonds is 3. The molecule has 0 fully saturated rings. The van der Waals surface area contributed by atoms with E-state index in [-0.39, 0.29) is 5.41 Å². The van der Waals surface area contributed by atoms with Crippen molar-refractivity contribution in [2.75, 3.05) is 0 Å². The summed E-state index contributed by atoms with van der Waals surface area (Å²) >= 11 is 0.